The maximum Gasteiger partial charge on any atom is 0.101 e. The van der Waals surface area contributed by atoms with Crippen molar-refractivity contribution in [2.24, 2.45) is 0 Å². The fraction of sp³-hybridized carbons (Fsp3) is 0. The summed E-state index contributed by atoms with van der Waals surface area (Å²) in [5.41, 5.74) is 11.8. The van der Waals surface area contributed by atoms with Gasteiger partial charge in [-0.1, -0.05) is 109 Å². The maximum absolute atomic E-state index is 10.0. The molecular formula is C44H26N4. The van der Waals surface area contributed by atoms with Gasteiger partial charge >= 0.3 is 0 Å². The van der Waals surface area contributed by atoms with Crippen LogP contribution in [0.2, 0.25) is 0 Å². The molecule has 48 heavy (non-hydrogen) atoms. The molecule has 2 aromatic heterocycles. The van der Waals surface area contributed by atoms with Crippen LogP contribution in [0.15, 0.2) is 158 Å². The van der Waals surface area contributed by atoms with Gasteiger partial charge in [0.15, 0.2) is 0 Å². The third-order valence-corrected chi connectivity index (χ3v) is 9.40. The molecule has 2 heterocycles. The second kappa shape index (κ2) is 10.9. The molecule has 0 fully saturated rings. The molecule has 0 saturated heterocycles. The molecule has 0 saturated carbocycles. The molecule has 0 aliphatic carbocycles. The minimum Gasteiger partial charge on any atom is -0.309 e. The van der Waals surface area contributed by atoms with E-state index in [1.807, 2.05) is 42.5 Å². The first-order valence-electron chi connectivity index (χ1n) is 15.9. The summed E-state index contributed by atoms with van der Waals surface area (Å²) in [6, 6.07) is 58.9. The predicted molar refractivity (Wildman–Crippen MR) is 195 cm³/mol. The topological polar surface area (TPSA) is 57.4 Å². The van der Waals surface area contributed by atoms with E-state index in [1.165, 1.54) is 0 Å². The number of benzene rings is 7. The number of hydrogen-bond donors (Lipinski definition) is 0. The van der Waals surface area contributed by atoms with Gasteiger partial charge in [-0.3, -0.25) is 0 Å². The fourth-order valence-corrected chi connectivity index (χ4v) is 7.44. The second-order valence-corrected chi connectivity index (χ2v) is 11.9. The Hall–Kier alpha value is -6.88. The molecule has 9 rings (SSSR count). The van der Waals surface area contributed by atoms with Crippen molar-refractivity contribution in [3.05, 3.63) is 169 Å². The van der Waals surface area contributed by atoms with E-state index in [9.17, 15) is 10.5 Å². The lowest BCUT2D eigenvalue weighted by atomic mass is 9.91. The fourth-order valence-electron chi connectivity index (χ4n) is 7.44. The number of rotatable bonds is 4. The van der Waals surface area contributed by atoms with Crippen molar-refractivity contribution in [3.8, 4) is 45.8 Å². The van der Waals surface area contributed by atoms with Gasteiger partial charge in [0.2, 0.25) is 0 Å². The van der Waals surface area contributed by atoms with Crippen LogP contribution in [0.4, 0.5) is 0 Å². The highest BCUT2D eigenvalue weighted by atomic mass is 15.0. The standard InChI is InChI=1S/C44H26N4/c45-27-29-12-9-14-31(26-29)47-40-23-7-4-17-34(40)37-21-10-20-36(44(37)47)33-16-3-2-15-32(33)35-19-11-25-42-43(35)38-18-5-8-24-41(38)48(42)39-22-6-1-13-30(39)28-46/h1-26H. The molecule has 0 aliphatic heterocycles. The molecule has 0 amide bonds. The van der Waals surface area contributed by atoms with E-state index in [4.69, 9.17) is 0 Å². The Morgan fingerprint density at radius 1 is 0.417 bits per heavy atom. The van der Waals surface area contributed by atoms with Gasteiger partial charge in [-0.15, -0.1) is 0 Å². The molecule has 9 aromatic rings. The number of hydrogen-bond acceptors (Lipinski definition) is 2. The largest absolute Gasteiger partial charge is 0.309 e. The lowest BCUT2D eigenvalue weighted by Gasteiger charge is -2.16. The van der Waals surface area contributed by atoms with Gasteiger partial charge in [-0.25, -0.2) is 0 Å². The Morgan fingerprint density at radius 2 is 1.00 bits per heavy atom. The summed E-state index contributed by atoms with van der Waals surface area (Å²) < 4.78 is 4.51. The summed E-state index contributed by atoms with van der Waals surface area (Å²) in [4.78, 5) is 0. The molecule has 0 unspecified atom stereocenters. The molecule has 0 spiro atoms. The zero-order chi connectivity index (χ0) is 32.2. The summed E-state index contributed by atoms with van der Waals surface area (Å²) in [6.45, 7) is 0. The van der Waals surface area contributed by atoms with E-state index in [0.29, 0.717) is 11.1 Å². The Balaban J connectivity index is 1.38. The summed E-state index contributed by atoms with van der Waals surface area (Å²) in [6.07, 6.45) is 0. The van der Waals surface area contributed by atoms with Crippen LogP contribution in [0.1, 0.15) is 11.1 Å². The van der Waals surface area contributed by atoms with Gasteiger partial charge in [-0.05, 0) is 65.2 Å². The lowest BCUT2D eigenvalue weighted by Crippen LogP contribution is -1.97. The number of fused-ring (bicyclic) bond motifs is 6. The molecular weight excluding hydrogens is 585 g/mol. The first-order chi connectivity index (χ1) is 23.8. The molecule has 0 N–H and O–H groups in total. The highest BCUT2D eigenvalue weighted by Crippen LogP contribution is 2.45. The zero-order valence-corrected chi connectivity index (χ0v) is 25.8. The van der Waals surface area contributed by atoms with E-state index in [2.05, 4.69) is 137 Å². The van der Waals surface area contributed by atoms with Crippen molar-refractivity contribution in [1.29, 1.82) is 10.5 Å². The summed E-state index contributed by atoms with van der Waals surface area (Å²) in [7, 11) is 0. The number of nitrogens with zero attached hydrogens (tertiary/aromatic N) is 4. The molecule has 0 radical (unpaired) electrons. The SMILES string of the molecule is N#Cc1cccc(-n2c3ccccc3c3cccc(-c4ccccc4-c4cccc5c4c4ccccc4n5-c4ccccc4C#N)c32)c1. The van der Waals surface area contributed by atoms with Crippen molar-refractivity contribution in [3.63, 3.8) is 0 Å². The highest BCUT2D eigenvalue weighted by Gasteiger charge is 2.21. The minimum absolute atomic E-state index is 0.623. The quantitative estimate of drug-likeness (QED) is 0.199. The number of nitriles is 2. The van der Waals surface area contributed by atoms with E-state index in [-0.39, 0.29) is 0 Å². The number of para-hydroxylation sites is 4. The van der Waals surface area contributed by atoms with Gasteiger partial charge in [0.1, 0.15) is 6.07 Å². The van der Waals surface area contributed by atoms with Crippen LogP contribution >= 0.6 is 0 Å². The third kappa shape index (κ3) is 4.01. The maximum atomic E-state index is 10.0. The van der Waals surface area contributed by atoms with Crippen LogP contribution < -0.4 is 0 Å². The molecule has 4 heteroatoms. The van der Waals surface area contributed by atoms with E-state index in [0.717, 1.165) is 77.2 Å². The Morgan fingerprint density at radius 3 is 1.81 bits per heavy atom. The minimum atomic E-state index is 0.623. The monoisotopic (exact) mass is 610 g/mol. The molecule has 0 bridgehead atoms. The van der Waals surface area contributed by atoms with Crippen molar-refractivity contribution < 1.29 is 0 Å². The average Bonchev–Trinajstić information content (AvgIpc) is 3.68. The lowest BCUT2D eigenvalue weighted by molar-refractivity contribution is 1.17. The Kier molecular flexibility index (Phi) is 6.22. The van der Waals surface area contributed by atoms with Crippen LogP contribution in [0.25, 0.3) is 77.2 Å². The molecule has 0 atom stereocenters. The van der Waals surface area contributed by atoms with Gasteiger partial charge < -0.3 is 9.13 Å². The van der Waals surface area contributed by atoms with Gasteiger partial charge in [0.05, 0.1) is 45.0 Å². The summed E-state index contributed by atoms with van der Waals surface area (Å²) >= 11 is 0. The summed E-state index contributed by atoms with van der Waals surface area (Å²) in [5.74, 6) is 0. The van der Waals surface area contributed by atoms with Gasteiger partial charge in [-0.2, -0.15) is 10.5 Å². The van der Waals surface area contributed by atoms with E-state index < -0.39 is 0 Å². The molecule has 222 valence electrons. The van der Waals surface area contributed by atoms with E-state index >= 15 is 0 Å². The first-order valence-corrected chi connectivity index (χ1v) is 15.9. The first kappa shape index (κ1) is 27.4. The van der Waals surface area contributed by atoms with Crippen molar-refractivity contribution in [1.82, 2.24) is 9.13 Å². The number of aromatic nitrogens is 2. The van der Waals surface area contributed by atoms with Crippen molar-refractivity contribution >= 4 is 43.6 Å². The normalized spacial score (nSPS) is 11.3. The molecule has 7 aromatic carbocycles. The average molecular weight is 611 g/mol. The van der Waals surface area contributed by atoms with Crippen LogP contribution in [0.3, 0.4) is 0 Å². The van der Waals surface area contributed by atoms with Gasteiger partial charge in [0, 0.05) is 32.8 Å². The third-order valence-electron chi connectivity index (χ3n) is 9.40. The molecule has 4 nitrogen and oxygen atoms in total. The highest BCUT2D eigenvalue weighted by molar-refractivity contribution is 6.19. The van der Waals surface area contributed by atoms with Crippen LogP contribution in [-0.2, 0) is 0 Å². The second-order valence-electron chi connectivity index (χ2n) is 11.9. The van der Waals surface area contributed by atoms with Crippen LogP contribution in [0, 0.1) is 22.7 Å². The van der Waals surface area contributed by atoms with Crippen LogP contribution in [0.5, 0.6) is 0 Å². The van der Waals surface area contributed by atoms with E-state index in [1.54, 1.807) is 0 Å². The van der Waals surface area contributed by atoms with Crippen LogP contribution in [-0.4, -0.2) is 9.13 Å². The predicted octanol–water partition coefficient (Wildman–Crippen LogP) is 11.0. The van der Waals surface area contributed by atoms with Crippen molar-refractivity contribution in [2.75, 3.05) is 0 Å². The summed E-state index contributed by atoms with van der Waals surface area (Å²) in [5, 5.41) is 24.4. The Bertz CT molecular complexity index is 2820. The van der Waals surface area contributed by atoms with Crippen molar-refractivity contribution in [2.45, 2.75) is 0 Å². The zero-order valence-electron chi connectivity index (χ0n) is 25.8. The smallest absolute Gasteiger partial charge is 0.101 e. The van der Waals surface area contributed by atoms with Gasteiger partial charge in [0.25, 0.3) is 0 Å². The molecule has 0 aliphatic rings. The Labute approximate surface area is 277 Å².